The molecule has 1 saturated heterocycles. The van der Waals surface area contributed by atoms with E-state index in [1.54, 1.807) is 60.7 Å². The molecule has 2 atom stereocenters. The summed E-state index contributed by atoms with van der Waals surface area (Å²) in [4.78, 5) is 0. The zero-order valence-electron chi connectivity index (χ0n) is 16.1. The predicted molar refractivity (Wildman–Crippen MR) is 106 cm³/mol. The molecule has 0 aliphatic carbocycles. The summed E-state index contributed by atoms with van der Waals surface area (Å²) in [5, 5.41) is 0. The zero-order valence-corrected chi connectivity index (χ0v) is 16.1. The Labute approximate surface area is 172 Å². The quantitative estimate of drug-likeness (QED) is 0.508. The normalized spacial score (nSPS) is 22.7. The van der Waals surface area contributed by atoms with E-state index in [1.807, 2.05) is 6.07 Å². The first-order chi connectivity index (χ1) is 14.4. The summed E-state index contributed by atoms with van der Waals surface area (Å²) < 4.78 is 59.5. The molecule has 0 amide bonds. The lowest BCUT2D eigenvalue weighted by molar-refractivity contribution is -0.354. The zero-order chi connectivity index (χ0) is 21.2. The van der Waals surface area contributed by atoms with Crippen LogP contribution in [-0.2, 0) is 15.3 Å². The fraction of sp³-hybridized carbons (Fsp3) is 0.167. The van der Waals surface area contributed by atoms with Gasteiger partial charge in [0, 0.05) is 5.56 Å². The van der Waals surface area contributed by atoms with Gasteiger partial charge >= 0.3 is 12.0 Å². The second-order valence-corrected chi connectivity index (χ2v) is 6.81. The molecule has 0 N–H and O–H groups in total. The molecule has 0 spiro atoms. The molecule has 0 radical (unpaired) electrons. The van der Waals surface area contributed by atoms with Crippen molar-refractivity contribution < 1.29 is 27.4 Å². The lowest BCUT2D eigenvalue weighted by Crippen LogP contribution is -2.43. The molecule has 3 nitrogen and oxygen atoms in total. The number of hydrogen-bond acceptors (Lipinski definition) is 3. The lowest BCUT2D eigenvalue weighted by Gasteiger charge is -2.30. The summed E-state index contributed by atoms with van der Waals surface area (Å²) in [6, 6.07) is 23.3. The standard InChI is InChI=1S/C24H19F3O3/c1-28-20-14-12-19(13-15-20)23(24(25,26)27)29-21(16-17-8-4-2-5-9-17)22(30-23)18-10-6-3-7-11-18/h2-16,22H,1H3/b21-16-. The molecule has 6 heteroatoms. The van der Waals surface area contributed by atoms with E-state index in [0.717, 1.165) is 0 Å². The van der Waals surface area contributed by atoms with Crippen molar-refractivity contribution in [2.75, 3.05) is 7.11 Å². The van der Waals surface area contributed by atoms with Gasteiger partial charge in [0.25, 0.3) is 0 Å². The van der Waals surface area contributed by atoms with Crippen molar-refractivity contribution in [3.63, 3.8) is 0 Å². The number of methoxy groups -OCH3 is 1. The molecular formula is C24H19F3O3. The Bertz CT molecular complexity index is 1020. The molecule has 1 heterocycles. The van der Waals surface area contributed by atoms with Gasteiger partial charge in [-0.1, -0.05) is 60.7 Å². The smallest absolute Gasteiger partial charge is 0.460 e. The molecule has 4 rings (SSSR count). The maximum Gasteiger partial charge on any atom is 0.460 e. The molecule has 1 fully saturated rings. The summed E-state index contributed by atoms with van der Waals surface area (Å²) in [6.07, 6.45) is -4.26. The van der Waals surface area contributed by atoms with Crippen molar-refractivity contribution in [1.82, 2.24) is 0 Å². The first-order valence-corrected chi connectivity index (χ1v) is 9.32. The topological polar surface area (TPSA) is 27.7 Å². The van der Waals surface area contributed by atoms with E-state index in [9.17, 15) is 13.2 Å². The maximum absolute atomic E-state index is 14.4. The molecule has 30 heavy (non-hydrogen) atoms. The summed E-state index contributed by atoms with van der Waals surface area (Å²) >= 11 is 0. The number of alkyl halides is 3. The van der Waals surface area contributed by atoms with Gasteiger partial charge in [-0.15, -0.1) is 0 Å². The Balaban J connectivity index is 1.84. The third kappa shape index (κ3) is 3.66. The minimum absolute atomic E-state index is 0.0838. The van der Waals surface area contributed by atoms with Crippen LogP contribution in [0.15, 0.2) is 90.7 Å². The van der Waals surface area contributed by atoms with E-state index in [-0.39, 0.29) is 11.3 Å². The van der Waals surface area contributed by atoms with Gasteiger partial charge in [0.05, 0.1) is 7.11 Å². The van der Waals surface area contributed by atoms with Crippen molar-refractivity contribution in [2.45, 2.75) is 18.1 Å². The Kier molecular flexibility index (Phi) is 5.26. The first-order valence-electron chi connectivity index (χ1n) is 9.32. The maximum atomic E-state index is 14.4. The van der Waals surface area contributed by atoms with Crippen LogP contribution in [0.1, 0.15) is 22.8 Å². The SMILES string of the molecule is COc1ccc(C2(C(F)(F)F)O/C(=C\c3ccccc3)C(c3ccccc3)O2)cc1. The summed E-state index contributed by atoms with van der Waals surface area (Å²) in [6.45, 7) is 0. The van der Waals surface area contributed by atoms with Gasteiger partial charge in [0.1, 0.15) is 17.6 Å². The Hall–Kier alpha value is -3.25. The van der Waals surface area contributed by atoms with E-state index in [2.05, 4.69) is 0 Å². The van der Waals surface area contributed by atoms with Gasteiger partial charge in [0.2, 0.25) is 0 Å². The van der Waals surface area contributed by atoms with Crippen molar-refractivity contribution in [3.05, 3.63) is 107 Å². The van der Waals surface area contributed by atoms with E-state index in [0.29, 0.717) is 16.9 Å². The minimum atomic E-state index is -4.82. The molecule has 1 aliphatic heterocycles. The van der Waals surface area contributed by atoms with Crippen molar-refractivity contribution >= 4 is 6.08 Å². The van der Waals surface area contributed by atoms with Gasteiger partial charge in [-0.2, -0.15) is 13.2 Å². The molecule has 0 aromatic heterocycles. The highest BCUT2D eigenvalue weighted by Gasteiger charge is 2.66. The van der Waals surface area contributed by atoms with Crippen LogP contribution in [0.4, 0.5) is 13.2 Å². The fourth-order valence-electron chi connectivity index (χ4n) is 3.37. The van der Waals surface area contributed by atoms with Gasteiger partial charge in [-0.3, -0.25) is 0 Å². The molecule has 3 aromatic rings. The number of ether oxygens (including phenoxy) is 3. The van der Waals surface area contributed by atoms with Crippen LogP contribution < -0.4 is 4.74 Å². The molecule has 2 unspecified atom stereocenters. The monoisotopic (exact) mass is 412 g/mol. The Morgan fingerprint density at radius 1 is 0.867 bits per heavy atom. The molecular weight excluding hydrogens is 393 g/mol. The number of halogens is 3. The van der Waals surface area contributed by atoms with Crippen LogP contribution in [-0.4, -0.2) is 13.3 Å². The molecule has 154 valence electrons. The summed E-state index contributed by atoms with van der Waals surface area (Å²) in [7, 11) is 1.45. The van der Waals surface area contributed by atoms with Crippen LogP contribution in [0.3, 0.4) is 0 Å². The Morgan fingerprint density at radius 2 is 1.47 bits per heavy atom. The van der Waals surface area contributed by atoms with Crippen LogP contribution in [0.5, 0.6) is 5.75 Å². The highest BCUT2D eigenvalue weighted by atomic mass is 19.4. The minimum Gasteiger partial charge on any atom is -0.497 e. The summed E-state index contributed by atoms with van der Waals surface area (Å²) in [5.74, 6) is -2.41. The third-order valence-corrected chi connectivity index (χ3v) is 4.86. The van der Waals surface area contributed by atoms with Gasteiger partial charge in [0.15, 0.2) is 0 Å². The molecule has 1 aliphatic rings. The number of hydrogen-bond donors (Lipinski definition) is 0. The van der Waals surface area contributed by atoms with E-state index >= 15 is 0 Å². The second kappa shape index (κ2) is 7.88. The van der Waals surface area contributed by atoms with Crippen LogP contribution >= 0.6 is 0 Å². The largest absolute Gasteiger partial charge is 0.497 e. The Morgan fingerprint density at radius 3 is 2.03 bits per heavy atom. The summed E-state index contributed by atoms with van der Waals surface area (Å²) in [5.41, 5.74) is 1.12. The van der Waals surface area contributed by atoms with Crippen LogP contribution in [0.25, 0.3) is 6.08 Å². The number of benzene rings is 3. The fourth-order valence-corrected chi connectivity index (χ4v) is 3.37. The van der Waals surface area contributed by atoms with E-state index in [1.165, 1.54) is 31.4 Å². The predicted octanol–water partition coefficient (Wildman–Crippen LogP) is 6.24. The van der Waals surface area contributed by atoms with Crippen molar-refractivity contribution in [3.8, 4) is 5.75 Å². The van der Waals surface area contributed by atoms with Gasteiger partial charge in [-0.05, 0) is 41.5 Å². The second-order valence-electron chi connectivity index (χ2n) is 6.81. The molecule has 0 saturated carbocycles. The first kappa shape index (κ1) is 20.0. The van der Waals surface area contributed by atoms with Crippen LogP contribution in [0.2, 0.25) is 0 Å². The average molecular weight is 412 g/mol. The van der Waals surface area contributed by atoms with Crippen LogP contribution in [0, 0.1) is 0 Å². The van der Waals surface area contributed by atoms with E-state index < -0.39 is 18.1 Å². The average Bonchev–Trinajstić information content (AvgIpc) is 3.16. The van der Waals surface area contributed by atoms with Crippen molar-refractivity contribution in [2.24, 2.45) is 0 Å². The highest BCUT2D eigenvalue weighted by molar-refractivity contribution is 5.54. The third-order valence-electron chi connectivity index (χ3n) is 4.86. The molecule has 0 bridgehead atoms. The van der Waals surface area contributed by atoms with Gasteiger partial charge in [-0.25, -0.2) is 0 Å². The van der Waals surface area contributed by atoms with Gasteiger partial charge < -0.3 is 14.2 Å². The number of rotatable bonds is 4. The van der Waals surface area contributed by atoms with Crippen molar-refractivity contribution in [1.29, 1.82) is 0 Å². The van der Waals surface area contributed by atoms with E-state index in [4.69, 9.17) is 14.2 Å². The molecule has 3 aromatic carbocycles. The lowest BCUT2D eigenvalue weighted by atomic mass is 10.0. The highest BCUT2D eigenvalue weighted by Crippen LogP contribution is 2.55.